The molecule has 5 heteroatoms. The van der Waals surface area contributed by atoms with E-state index in [1.807, 2.05) is 0 Å². The van der Waals surface area contributed by atoms with E-state index in [1.165, 1.54) is 39.0 Å². The van der Waals surface area contributed by atoms with Crippen LogP contribution in [-0.2, 0) is 9.09 Å². The standard InChI is InChI=1S/C7H16.C2H7O4P/c1-3-5-7-6-4-2;1-2-6-7(3,4)5/h3-7H2,1-2H3;2H2,1H3,(H2,3,4,5). The molecular formula is C9H23O4P. The Hall–Kier alpha value is 0.110. The maximum absolute atomic E-state index is 9.70. The smallest absolute Gasteiger partial charge is 0.303 e. The SMILES string of the molecule is CCCCCCC.CCOP(=O)(O)O. The first-order valence-electron chi connectivity index (χ1n) is 5.18. The second-order valence-electron chi connectivity index (χ2n) is 2.97. The molecule has 0 aromatic carbocycles. The van der Waals surface area contributed by atoms with Crippen molar-refractivity contribution in [3.63, 3.8) is 0 Å². The summed E-state index contributed by atoms with van der Waals surface area (Å²) in [4.78, 5) is 15.8. The maximum atomic E-state index is 9.70. The summed E-state index contributed by atoms with van der Waals surface area (Å²) < 4.78 is 13.6. The zero-order valence-electron chi connectivity index (χ0n) is 9.40. The van der Waals surface area contributed by atoms with Crippen LogP contribution in [0.5, 0.6) is 0 Å². The van der Waals surface area contributed by atoms with E-state index in [4.69, 9.17) is 9.79 Å². The van der Waals surface area contributed by atoms with Gasteiger partial charge in [-0.15, -0.1) is 0 Å². The van der Waals surface area contributed by atoms with Crippen molar-refractivity contribution in [3.05, 3.63) is 0 Å². The summed E-state index contributed by atoms with van der Waals surface area (Å²) in [5.74, 6) is 0. The number of hydrogen-bond acceptors (Lipinski definition) is 2. The van der Waals surface area contributed by atoms with Crippen LogP contribution in [0.1, 0.15) is 52.9 Å². The lowest BCUT2D eigenvalue weighted by Crippen LogP contribution is -1.84. The van der Waals surface area contributed by atoms with Crippen LogP contribution in [-0.4, -0.2) is 16.4 Å². The average Bonchev–Trinajstić information content (AvgIpc) is 2.04. The first-order valence-corrected chi connectivity index (χ1v) is 6.71. The molecule has 14 heavy (non-hydrogen) atoms. The van der Waals surface area contributed by atoms with Crippen molar-refractivity contribution >= 4 is 7.82 Å². The number of phosphoric ester groups is 1. The Morgan fingerprint density at radius 2 is 1.43 bits per heavy atom. The molecule has 0 spiro atoms. The van der Waals surface area contributed by atoms with Gasteiger partial charge in [-0.1, -0.05) is 46.0 Å². The van der Waals surface area contributed by atoms with Crippen LogP contribution in [0.2, 0.25) is 0 Å². The van der Waals surface area contributed by atoms with E-state index in [-0.39, 0.29) is 6.61 Å². The Kier molecular flexibility index (Phi) is 13.2. The van der Waals surface area contributed by atoms with E-state index in [9.17, 15) is 4.57 Å². The largest absolute Gasteiger partial charge is 0.469 e. The van der Waals surface area contributed by atoms with E-state index in [2.05, 4.69) is 18.4 Å². The van der Waals surface area contributed by atoms with Crippen molar-refractivity contribution in [2.45, 2.75) is 52.9 Å². The molecule has 88 valence electrons. The minimum atomic E-state index is -4.17. The van der Waals surface area contributed by atoms with E-state index < -0.39 is 7.82 Å². The van der Waals surface area contributed by atoms with Gasteiger partial charge in [0.15, 0.2) is 0 Å². The van der Waals surface area contributed by atoms with Crippen LogP contribution in [0, 0.1) is 0 Å². The molecule has 2 N–H and O–H groups in total. The maximum Gasteiger partial charge on any atom is 0.469 e. The summed E-state index contributed by atoms with van der Waals surface area (Å²) in [7, 11) is -4.17. The van der Waals surface area contributed by atoms with Gasteiger partial charge < -0.3 is 9.79 Å². The zero-order chi connectivity index (χ0) is 11.4. The van der Waals surface area contributed by atoms with Gasteiger partial charge in [0.05, 0.1) is 6.61 Å². The monoisotopic (exact) mass is 226 g/mol. The second kappa shape index (κ2) is 11.2. The van der Waals surface area contributed by atoms with Crippen LogP contribution < -0.4 is 0 Å². The number of rotatable bonds is 6. The second-order valence-corrected chi connectivity index (χ2v) is 4.21. The van der Waals surface area contributed by atoms with Gasteiger partial charge in [0.2, 0.25) is 0 Å². The summed E-state index contributed by atoms with van der Waals surface area (Å²) in [6, 6.07) is 0. The van der Waals surface area contributed by atoms with Gasteiger partial charge in [-0.25, -0.2) is 4.57 Å². The molecule has 4 nitrogen and oxygen atoms in total. The average molecular weight is 226 g/mol. The minimum absolute atomic E-state index is 0.0459. The first kappa shape index (κ1) is 16.5. The molecular weight excluding hydrogens is 203 g/mol. The molecule has 0 atom stereocenters. The van der Waals surface area contributed by atoms with Crippen LogP contribution >= 0.6 is 7.82 Å². The molecule has 0 aliphatic rings. The Balaban J connectivity index is 0. The predicted octanol–water partition coefficient (Wildman–Crippen LogP) is 3.09. The Labute approximate surface area is 86.9 Å². The summed E-state index contributed by atoms with van der Waals surface area (Å²) in [6.45, 7) is 6.05. The molecule has 0 aliphatic carbocycles. The molecule has 0 unspecified atom stereocenters. The van der Waals surface area contributed by atoms with Gasteiger partial charge in [-0.2, -0.15) is 0 Å². The first-order chi connectivity index (χ1) is 6.47. The highest BCUT2D eigenvalue weighted by atomic mass is 31.2. The predicted molar refractivity (Wildman–Crippen MR) is 58.1 cm³/mol. The van der Waals surface area contributed by atoms with E-state index >= 15 is 0 Å². The molecule has 0 fully saturated rings. The zero-order valence-corrected chi connectivity index (χ0v) is 10.3. The third-order valence-corrected chi connectivity index (χ3v) is 2.10. The van der Waals surface area contributed by atoms with Crippen LogP contribution in [0.25, 0.3) is 0 Å². The molecule has 0 aliphatic heterocycles. The fourth-order valence-electron chi connectivity index (χ4n) is 0.845. The molecule has 0 rings (SSSR count). The third-order valence-electron chi connectivity index (χ3n) is 1.50. The van der Waals surface area contributed by atoms with Gasteiger partial charge in [-0.05, 0) is 6.92 Å². The molecule has 0 saturated carbocycles. The normalized spacial score (nSPS) is 10.6. The summed E-state index contributed by atoms with van der Waals surface area (Å²) in [5.41, 5.74) is 0. The fraction of sp³-hybridized carbons (Fsp3) is 1.00. The molecule has 0 radical (unpaired) electrons. The molecule has 0 heterocycles. The van der Waals surface area contributed by atoms with Crippen molar-refractivity contribution in [3.8, 4) is 0 Å². The van der Waals surface area contributed by atoms with Crippen molar-refractivity contribution in [2.24, 2.45) is 0 Å². The Morgan fingerprint density at radius 1 is 1.00 bits per heavy atom. The third kappa shape index (κ3) is 22.7. The molecule has 0 saturated heterocycles. The van der Waals surface area contributed by atoms with Gasteiger partial charge in [0.25, 0.3) is 0 Å². The van der Waals surface area contributed by atoms with Gasteiger partial charge in [0, 0.05) is 0 Å². The molecule has 0 aromatic rings. The summed E-state index contributed by atoms with van der Waals surface area (Å²) in [6.07, 6.45) is 7.01. The summed E-state index contributed by atoms with van der Waals surface area (Å²) in [5, 5.41) is 0. The van der Waals surface area contributed by atoms with Crippen molar-refractivity contribution < 1.29 is 18.9 Å². The highest BCUT2D eigenvalue weighted by Crippen LogP contribution is 2.34. The Morgan fingerprint density at radius 3 is 1.57 bits per heavy atom. The fourth-order valence-corrected chi connectivity index (χ4v) is 1.18. The Bertz CT molecular complexity index is 140. The van der Waals surface area contributed by atoms with Gasteiger partial charge in [0.1, 0.15) is 0 Å². The van der Waals surface area contributed by atoms with E-state index in [0.717, 1.165) is 0 Å². The van der Waals surface area contributed by atoms with Gasteiger partial charge >= 0.3 is 7.82 Å². The minimum Gasteiger partial charge on any atom is -0.303 e. The highest BCUT2D eigenvalue weighted by molar-refractivity contribution is 7.46. The lowest BCUT2D eigenvalue weighted by Gasteiger charge is -1.98. The van der Waals surface area contributed by atoms with Gasteiger partial charge in [-0.3, -0.25) is 4.52 Å². The lowest BCUT2D eigenvalue weighted by molar-refractivity contribution is 0.206. The number of hydrogen-bond donors (Lipinski definition) is 2. The summed E-state index contributed by atoms with van der Waals surface area (Å²) >= 11 is 0. The van der Waals surface area contributed by atoms with Crippen LogP contribution in [0.15, 0.2) is 0 Å². The number of phosphoric acid groups is 1. The highest BCUT2D eigenvalue weighted by Gasteiger charge is 2.10. The van der Waals surface area contributed by atoms with Crippen LogP contribution in [0.4, 0.5) is 0 Å². The quantitative estimate of drug-likeness (QED) is 0.539. The molecule has 0 aromatic heterocycles. The van der Waals surface area contributed by atoms with E-state index in [1.54, 1.807) is 0 Å². The van der Waals surface area contributed by atoms with Crippen molar-refractivity contribution in [1.29, 1.82) is 0 Å². The molecule has 0 bridgehead atoms. The topological polar surface area (TPSA) is 66.8 Å². The molecule has 0 amide bonds. The number of unbranched alkanes of at least 4 members (excludes halogenated alkanes) is 4. The van der Waals surface area contributed by atoms with Crippen molar-refractivity contribution in [2.75, 3.05) is 6.61 Å². The lowest BCUT2D eigenvalue weighted by atomic mass is 10.2. The van der Waals surface area contributed by atoms with Crippen molar-refractivity contribution in [1.82, 2.24) is 0 Å². The van der Waals surface area contributed by atoms with Crippen LogP contribution in [0.3, 0.4) is 0 Å². The van der Waals surface area contributed by atoms with E-state index in [0.29, 0.717) is 0 Å².